The molecule has 4 heteroatoms. The Hall–Kier alpha value is -1.32. The number of unbranched alkanes of at least 4 members (excludes halogenated alkanes) is 2. The summed E-state index contributed by atoms with van der Waals surface area (Å²) in [6.45, 7) is 3.00. The van der Waals surface area contributed by atoms with Gasteiger partial charge in [0.1, 0.15) is 5.82 Å². The summed E-state index contributed by atoms with van der Waals surface area (Å²) in [7, 11) is 0. The number of nitrogens with one attached hydrogen (secondary N) is 2. The summed E-state index contributed by atoms with van der Waals surface area (Å²) in [5.74, 6) is 5.77. The summed E-state index contributed by atoms with van der Waals surface area (Å²) >= 11 is 0. The van der Waals surface area contributed by atoms with Crippen molar-refractivity contribution in [1.82, 2.24) is 15.3 Å². The van der Waals surface area contributed by atoms with Crippen LogP contribution in [0.15, 0.2) is 6.20 Å². The number of imidazole rings is 1. The highest BCUT2D eigenvalue weighted by Crippen LogP contribution is 2.59. The maximum absolute atomic E-state index is 11.9. The summed E-state index contributed by atoms with van der Waals surface area (Å²) in [6, 6.07) is 0. The van der Waals surface area contributed by atoms with Gasteiger partial charge in [-0.3, -0.25) is 4.79 Å². The van der Waals surface area contributed by atoms with Gasteiger partial charge in [-0.05, 0) is 68.6 Å². The average Bonchev–Trinajstić information content (AvgIpc) is 3.05. The predicted octanol–water partition coefficient (Wildman–Crippen LogP) is 4.19. The number of carbonyl (C=O) groups excluding carboxylic acids is 1. The van der Waals surface area contributed by atoms with E-state index < -0.39 is 0 Å². The van der Waals surface area contributed by atoms with Crippen molar-refractivity contribution in [3.05, 3.63) is 17.7 Å². The first kappa shape index (κ1) is 17.1. The molecular formula is C21H33N3O. The smallest absolute Gasteiger partial charge is 0.220 e. The van der Waals surface area contributed by atoms with Crippen LogP contribution in [0.25, 0.3) is 0 Å². The molecule has 0 aromatic carbocycles. The molecule has 4 aliphatic rings. The summed E-state index contributed by atoms with van der Waals surface area (Å²) in [4.78, 5) is 20.3. The van der Waals surface area contributed by atoms with Crippen molar-refractivity contribution in [2.75, 3.05) is 6.54 Å². The number of aryl methyl sites for hydroxylation is 1. The molecule has 0 radical (unpaired) electrons. The van der Waals surface area contributed by atoms with Crippen LogP contribution >= 0.6 is 0 Å². The fourth-order valence-corrected chi connectivity index (χ4v) is 5.98. The maximum Gasteiger partial charge on any atom is 0.220 e. The number of carbonyl (C=O) groups is 1. The monoisotopic (exact) mass is 343 g/mol. The van der Waals surface area contributed by atoms with Crippen LogP contribution < -0.4 is 5.32 Å². The summed E-state index contributed by atoms with van der Waals surface area (Å²) in [6.07, 6.45) is 14.0. The molecule has 1 amide bonds. The van der Waals surface area contributed by atoms with Crippen LogP contribution in [0, 0.1) is 23.7 Å². The maximum atomic E-state index is 11.9. The normalized spacial score (nSPS) is 32.9. The lowest BCUT2D eigenvalue weighted by Gasteiger charge is -2.53. The zero-order chi connectivity index (χ0) is 17.2. The van der Waals surface area contributed by atoms with E-state index >= 15 is 0 Å². The molecule has 0 aliphatic heterocycles. The lowest BCUT2D eigenvalue weighted by atomic mass is 9.52. The molecule has 1 heterocycles. The van der Waals surface area contributed by atoms with Crippen LogP contribution in [0.4, 0.5) is 0 Å². The van der Waals surface area contributed by atoms with E-state index in [1.807, 2.05) is 6.20 Å². The number of aromatic nitrogens is 2. The van der Waals surface area contributed by atoms with Crippen LogP contribution in [0.5, 0.6) is 0 Å². The Kier molecular flexibility index (Phi) is 5.14. The molecule has 4 fully saturated rings. The van der Waals surface area contributed by atoms with Crippen LogP contribution in [-0.4, -0.2) is 22.4 Å². The van der Waals surface area contributed by atoms with E-state index in [4.69, 9.17) is 4.98 Å². The molecule has 4 nitrogen and oxygen atoms in total. The van der Waals surface area contributed by atoms with Crippen LogP contribution in [-0.2, 0) is 11.2 Å². The Balaban J connectivity index is 1.28. The van der Waals surface area contributed by atoms with Crippen molar-refractivity contribution >= 4 is 5.91 Å². The highest BCUT2D eigenvalue weighted by atomic mass is 16.1. The molecule has 4 bridgehead atoms. The fourth-order valence-electron chi connectivity index (χ4n) is 5.98. The number of hydrogen-bond acceptors (Lipinski definition) is 2. The SMILES string of the molecule is CCCCCNC(=O)CCc1cnc(C2C3CC4CC(C3)CC2C4)[nH]1. The van der Waals surface area contributed by atoms with E-state index in [-0.39, 0.29) is 5.91 Å². The average molecular weight is 344 g/mol. The van der Waals surface area contributed by atoms with Crippen molar-refractivity contribution in [1.29, 1.82) is 0 Å². The Morgan fingerprint density at radius 2 is 1.88 bits per heavy atom. The van der Waals surface area contributed by atoms with Crippen LogP contribution in [0.1, 0.15) is 82.1 Å². The van der Waals surface area contributed by atoms with E-state index in [2.05, 4.69) is 17.2 Å². The largest absolute Gasteiger partial charge is 0.356 e. The molecule has 1 aromatic heterocycles. The quantitative estimate of drug-likeness (QED) is 0.695. The molecule has 0 atom stereocenters. The zero-order valence-corrected chi connectivity index (χ0v) is 15.6. The van der Waals surface area contributed by atoms with E-state index in [0.29, 0.717) is 12.3 Å². The second-order valence-corrected chi connectivity index (χ2v) is 8.81. The van der Waals surface area contributed by atoms with Gasteiger partial charge >= 0.3 is 0 Å². The van der Waals surface area contributed by atoms with Gasteiger partial charge in [-0.1, -0.05) is 19.8 Å². The minimum Gasteiger partial charge on any atom is -0.356 e. The van der Waals surface area contributed by atoms with Gasteiger partial charge in [0.25, 0.3) is 0 Å². The Morgan fingerprint density at radius 1 is 1.16 bits per heavy atom. The molecule has 0 saturated heterocycles. The number of nitrogens with zero attached hydrogens (tertiary/aromatic N) is 1. The number of H-pyrrole nitrogens is 1. The number of rotatable bonds is 8. The van der Waals surface area contributed by atoms with Gasteiger partial charge in [0, 0.05) is 30.8 Å². The molecular weight excluding hydrogens is 310 g/mol. The second-order valence-electron chi connectivity index (χ2n) is 8.81. The third kappa shape index (κ3) is 3.78. The van der Waals surface area contributed by atoms with E-state index in [1.54, 1.807) is 0 Å². The molecule has 0 spiro atoms. The van der Waals surface area contributed by atoms with Crippen LogP contribution in [0.2, 0.25) is 0 Å². The Labute approximate surface area is 151 Å². The predicted molar refractivity (Wildman–Crippen MR) is 99.2 cm³/mol. The van der Waals surface area contributed by atoms with Gasteiger partial charge in [0.15, 0.2) is 0 Å². The van der Waals surface area contributed by atoms with Gasteiger partial charge in [-0.25, -0.2) is 4.98 Å². The Bertz CT molecular complexity index is 566. The highest BCUT2D eigenvalue weighted by molar-refractivity contribution is 5.76. The first-order valence-electron chi connectivity index (χ1n) is 10.5. The van der Waals surface area contributed by atoms with Crippen LogP contribution in [0.3, 0.4) is 0 Å². The standard InChI is InChI=1S/C21H33N3O/c1-2-3-4-7-22-19(25)6-5-18-13-23-21(24-18)20-16-9-14-8-15(11-16)12-17(20)10-14/h13-17,20H,2-12H2,1H3,(H,22,25)(H,23,24). The second kappa shape index (κ2) is 7.51. The minimum atomic E-state index is 0.168. The van der Waals surface area contributed by atoms with Crippen molar-refractivity contribution in [3.8, 4) is 0 Å². The van der Waals surface area contributed by atoms with Gasteiger partial charge in [0.2, 0.25) is 5.91 Å². The Morgan fingerprint density at radius 3 is 2.56 bits per heavy atom. The summed E-state index contributed by atoms with van der Waals surface area (Å²) in [5.41, 5.74) is 1.13. The summed E-state index contributed by atoms with van der Waals surface area (Å²) in [5, 5.41) is 3.03. The lowest BCUT2D eigenvalue weighted by molar-refractivity contribution is -0.121. The third-order valence-corrected chi connectivity index (χ3v) is 6.91. The molecule has 25 heavy (non-hydrogen) atoms. The molecule has 4 aliphatic carbocycles. The minimum absolute atomic E-state index is 0.168. The molecule has 5 rings (SSSR count). The van der Waals surface area contributed by atoms with Gasteiger partial charge in [-0.2, -0.15) is 0 Å². The lowest BCUT2D eigenvalue weighted by Crippen LogP contribution is -2.44. The molecule has 2 N–H and O–H groups in total. The molecule has 138 valence electrons. The zero-order valence-electron chi connectivity index (χ0n) is 15.6. The molecule has 1 aromatic rings. The van der Waals surface area contributed by atoms with Crippen molar-refractivity contribution in [2.24, 2.45) is 23.7 Å². The van der Waals surface area contributed by atoms with E-state index in [1.165, 1.54) is 50.8 Å². The number of aromatic amines is 1. The molecule has 0 unspecified atom stereocenters. The van der Waals surface area contributed by atoms with E-state index in [9.17, 15) is 4.79 Å². The number of hydrogen-bond donors (Lipinski definition) is 2. The van der Waals surface area contributed by atoms with Crippen molar-refractivity contribution in [2.45, 2.75) is 77.0 Å². The highest BCUT2D eigenvalue weighted by Gasteiger charge is 2.49. The van der Waals surface area contributed by atoms with Gasteiger partial charge in [-0.15, -0.1) is 0 Å². The first-order chi connectivity index (χ1) is 12.2. The third-order valence-electron chi connectivity index (χ3n) is 6.91. The fraction of sp³-hybridized carbons (Fsp3) is 0.810. The topological polar surface area (TPSA) is 57.8 Å². The van der Waals surface area contributed by atoms with Crippen molar-refractivity contribution in [3.63, 3.8) is 0 Å². The van der Waals surface area contributed by atoms with Gasteiger partial charge < -0.3 is 10.3 Å². The van der Waals surface area contributed by atoms with Gasteiger partial charge in [0.05, 0.1) is 0 Å². The first-order valence-corrected chi connectivity index (χ1v) is 10.5. The molecule has 4 saturated carbocycles. The number of amides is 1. The van der Waals surface area contributed by atoms with E-state index in [0.717, 1.165) is 48.8 Å². The summed E-state index contributed by atoms with van der Waals surface area (Å²) < 4.78 is 0. The van der Waals surface area contributed by atoms with Crippen molar-refractivity contribution < 1.29 is 4.79 Å².